The Morgan fingerprint density at radius 3 is 2.09 bits per heavy atom. The number of thioether (sulfide) groups is 2. The fourth-order valence-corrected chi connectivity index (χ4v) is 6.21. The van der Waals surface area contributed by atoms with Crippen molar-refractivity contribution in [2.45, 2.75) is 35.2 Å². The Labute approximate surface area is 256 Å². The van der Waals surface area contributed by atoms with Crippen LogP contribution in [0.4, 0.5) is 0 Å². The highest BCUT2D eigenvalue weighted by atomic mass is 32.2. The summed E-state index contributed by atoms with van der Waals surface area (Å²) in [5, 5.41) is 17.3. The third-order valence-electron chi connectivity index (χ3n) is 6.84. The maximum absolute atomic E-state index is 6.39. The number of pyridine rings is 2. The third-order valence-corrected chi connectivity index (χ3v) is 8.60. The first-order valence-corrected chi connectivity index (χ1v) is 15.7. The van der Waals surface area contributed by atoms with Gasteiger partial charge in [0, 0.05) is 41.3 Å². The number of fused-ring (bicyclic) bond motifs is 1. The minimum atomic E-state index is 0.597. The van der Waals surface area contributed by atoms with Crippen LogP contribution in [0.25, 0.3) is 33.9 Å². The number of furan rings is 1. The molecule has 5 aromatic heterocycles. The van der Waals surface area contributed by atoms with Gasteiger partial charge < -0.3 is 4.42 Å². The molecule has 0 amide bonds. The minimum Gasteiger partial charge on any atom is -0.452 e. The third kappa shape index (κ3) is 6.23. The second kappa shape index (κ2) is 12.2. The zero-order chi connectivity index (χ0) is 29.0. The molecule has 212 valence electrons. The molecule has 0 atom stereocenters. The van der Waals surface area contributed by atoms with E-state index in [-0.39, 0.29) is 0 Å². The molecule has 9 nitrogen and oxygen atoms in total. The smallest absolute Gasteiger partial charge is 0.209 e. The standard InChI is InChI=1S/C32H26N8OS2/c1-20-11-12-26(29-35-31(39-37-29)42-18-24-9-2-4-13-33-24)23(15-20)16-21-7-6-8-22-17-27(41-28(21)22)30-36-32(40-38-30)43-19-25-10-3-5-14-34-25/h2-15,17H,16,18-19H2,1H3,(H,35,37,39)(H,36,38,40). The zero-order valence-corrected chi connectivity index (χ0v) is 24.8. The predicted molar refractivity (Wildman–Crippen MR) is 169 cm³/mol. The summed E-state index contributed by atoms with van der Waals surface area (Å²) < 4.78 is 6.39. The van der Waals surface area contributed by atoms with Crippen molar-refractivity contribution < 1.29 is 4.42 Å². The van der Waals surface area contributed by atoms with Crippen LogP contribution in [0.5, 0.6) is 0 Å². The Kier molecular flexibility index (Phi) is 7.72. The molecule has 0 aliphatic rings. The molecular weight excluding hydrogens is 577 g/mol. The van der Waals surface area contributed by atoms with E-state index >= 15 is 0 Å². The Bertz CT molecular complexity index is 1990. The second-order valence-electron chi connectivity index (χ2n) is 9.94. The quantitative estimate of drug-likeness (QED) is 0.156. The summed E-state index contributed by atoms with van der Waals surface area (Å²) >= 11 is 3.09. The normalized spacial score (nSPS) is 11.4. The molecule has 2 aromatic carbocycles. The van der Waals surface area contributed by atoms with Gasteiger partial charge in [-0.05, 0) is 48.4 Å². The first-order valence-electron chi connectivity index (χ1n) is 13.7. The highest BCUT2D eigenvalue weighted by Crippen LogP contribution is 2.33. The Hall–Kier alpha value is -4.74. The number of benzene rings is 2. The Morgan fingerprint density at radius 1 is 0.698 bits per heavy atom. The average Bonchev–Trinajstić information content (AvgIpc) is 3.81. The molecule has 43 heavy (non-hydrogen) atoms. The van der Waals surface area contributed by atoms with Crippen molar-refractivity contribution in [3.05, 3.63) is 119 Å². The van der Waals surface area contributed by atoms with E-state index in [0.717, 1.165) is 44.9 Å². The number of nitrogens with one attached hydrogen (secondary N) is 2. The molecule has 0 fully saturated rings. The molecule has 0 bridgehead atoms. The summed E-state index contributed by atoms with van der Waals surface area (Å²) in [6.07, 6.45) is 4.26. The molecule has 2 N–H and O–H groups in total. The maximum Gasteiger partial charge on any atom is 0.209 e. The highest BCUT2D eigenvalue weighted by Gasteiger charge is 2.17. The van der Waals surface area contributed by atoms with Gasteiger partial charge in [-0.15, -0.1) is 10.2 Å². The van der Waals surface area contributed by atoms with Gasteiger partial charge in [-0.1, -0.05) is 77.6 Å². The van der Waals surface area contributed by atoms with Crippen LogP contribution in [0.1, 0.15) is 28.1 Å². The lowest BCUT2D eigenvalue weighted by atomic mass is 9.96. The number of aromatic nitrogens is 8. The average molecular weight is 603 g/mol. The van der Waals surface area contributed by atoms with E-state index in [4.69, 9.17) is 9.40 Å². The number of para-hydroxylation sites is 1. The largest absolute Gasteiger partial charge is 0.452 e. The van der Waals surface area contributed by atoms with Crippen LogP contribution in [-0.2, 0) is 17.9 Å². The van der Waals surface area contributed by atoms with E-state index in [1.165, 1.54) is 17.3 Å². The molecule has 0 radical (unpaired) electrons. The lowest BCUT2D eigenvalue weighted by Crippen LogP contribution is -1.95. The molecular formula is C32H26N8OS2. The predicted octanol–water partition coefficient (Wildman–Crippen LogP) is 7.28. The number of H-pyrrole nitrogens is 2. The first-order chi connectivity index (χ1) is 21.2. The molecule has 5 heterocycles. The van der Waals surface area contributed by atoms with E-state index in [1.54, 1.807) is 24.2 Å². The topological polar surface area (TPSA) is 122 Å². The summed E-state index contributed by atoms with van der Waals surface area (Å²) in [5.41, 5.74) is 7.19. The van der Waals surface area contributed by atoms with E-state index in [9.17, 15) is 0 Å². The van der Waals surface area contributed by atoms with Gasteiger partial charge in [0.05, 0.1) is 11.4 Å². The molecule has 11 heteroatoms. The SMILES string of the molecule is Cc1ccc(-c2nc(SCc3ccccn3)n[nH]2)c(Cc2cccc3cc(-c4nc(SCc5ccccn5)n[nH]4)oc23)c1. The molecule has 0 unspecified atom stereocenters. The molecule has 0 aliphatic heterocycles. The number of hydrogen-bond donors (Lipinski definition) is 2. The van der Waals surface area contributed by atoms with Gasteiger partial charge in [-0.2, -0.15) is 4.98 Å². The Balaban J connectivity index is 1.12. The summed E-state index contributed by atoms with van der Waals surface area (Å²) in [6, 6.07) is 26.4. The van der Waals surface area contributed by atoms with Crippen LogP contribution in [-0.4, -0.2) is 40.3 Å². The van der Waals surface area contributed by atoms with Crippen LogP contribution >= 0.6 is 23.5 Å². The maximum atomic E-state index is 6.39. The van der Waals surface area contributed by atoms with Crippen molar-refractivity contribution in [3.63, 3.8) is 0 Å². The Morgan fingerprint density at radius 2 is 1.40 bits per heavy atom. The van der Waals surface area contributed by atoms with E-state index in [2.05, 4.69) is 78.7 Å². The number of aryl methyl sites for hydroxylation is 1. The number of rotatable bonds is 10. The van der Waals surface area contributed by atoms with Gasteiger partial charge in [-0.3, -0.25) is 20.2 Å². The van der Waals surface area contributed by atoms with Crippen molar-refractivity contribution in [1.82, 2.24) is 40.3 Å². The second-order valence-corrected chi connectivity index (χ2v) is 11.8. The molecule has 7 rings (SSSR count). The van der Waals surface area contributed by atoms with Crippen molar-refractivity contribution in [2.24, 2.45) is 0 Å². The molecule has 0 saturated heterocycles. The van der Waals surface area contributed by atoms with Crippen molar-refractivity contribution in [1.29, 1.82) is 0 Å². The summed E-state index contributed by atoms with van der Waals surface area (Å²) in [5.74, 6) is 3.38. The molecule has 7 aromatic rings. The van der Waals surface area contributed by atoms with Gasteiger partial charge >= 0.3 is 0 Å². The van der Waals surface area contributed by atoms with E-state index in [1.807, 2.05) is 42.5 Å². The van der Waals surface area contributed by atoms with Gasteiger partial charge in [0.15, 0.2) is 17.4 Å². The lowest BCUT2D eigenvalue weighted by molar-refractivity contribution is 0.621. The summed E-state index contributed by atoms with van der Waals surface area (Å²) in [4.78, 5) is 18.2. The van der Waals surface area contributed by atoms with Gasteiger partial charge in [-0.25, -0.2) is 4.98 Å². The van der Waals surface area contributed by atoms with Crippen molar-refractivity contribution in [3.8, 4) is 23.0 Å². The van der Waals surface area contributed by atoms with Crippen LogP contribution in [0, 0.1) is 6.92 Å². The fourth-order valence-electron chi connectivity index (χ4n) is 4.78. The minimum absolute atomic E-state index is 0.597. The first kappa shape index (κ1) is 27.1. The molecule has 0 saturated carbocycles. The van der Waals surface area contributed by atoms with Gasteiger partial charge in [0.2, 0.25) is 10.3 Å². The van der Waals surface area contributed by atoms with E-state index in [0.29, 0.717) is 39.8 Å². The number of hydrogen-bond acceptors (Lipinski definition) is 9. The van der Waals surface area contributed by atoms with Crippen LogP contribution in [0.15, 0.2) is 106 Å². The number of nitrogens with zero attached hydrogens (tertiary/aromatic N) is 6. The summed E-state index contributed by atoms with van der Waals surface area (Å²) in [7, 11) is 0. The van der Waals surface area contributed by atoms with Crippen molar-refractivity contribution in [2.75, 3.05) is 0 Å². The zero-order valence-electron chi connectivity index (χ0n) is 23.2. The fraction of sp³-hybridized carbons (Fsp3) is 0.125. The molecule has 0 spiro atoms. The van der Waals surface area contributed by atoms with Crippen molar-refractivity contribution >= 4 is 34.5 Å². The number of aromatic amines is 2. The molecule has 0 aliphatic carbocycles. The van der Waals surface area contributed by atoms with Crippen LogP contribution in [0.3, 0.4) is 0 Å². The van der Waals surface area contributed by atoms with Crippen LogP contribution in [0.2, 0.25) is 0 Å². The van der Waals surface area contributed by atoms with Gasteiger partial charge in [0.1, 0.15) is 5.58 Å². The summed E-state index contributed by atoms with van der Waals surface area (Å²) in [6.45, 7) is 2.10. The lowest BCUT2D eigenvalue weighted by Gasteiger charge is -2.09. The highest BCUT2D eigenvalue weighted by molar-refractivity contribution is 7.98. The van der Waals surface area contributed by atoms with Crippen LogP contribution < -0.4 is 0 Å². The van der Waals surface area contributed by atoms with E-state index < -0.39 is 0 Å². The monoisotopic (exact) mass is 602 g/mol. The van der Waals surface area contributed by atoms with Gasteiger partial charge in [0.25, 0.3) is 0 Å².